The Bertz CT molecular complexity index is 352. The van der Waals surface area contributed by atoms with E-state index in [0.29, 0.717) is 25.4 Å². The molecular formula is C15H29N3O3. The fourth-order valence-electron chi connectivity index (χ4n) is 2.61. The summed E-state index contributed by atoms with van der Waals surface area (Å²) in [7, 11) is 2.01. The Kier molecular flexibility index (Phi) is 6.95. The largest absolute Gasteiger partial charge is 0.481 e. The number of nitrogens with zero attached hydrogens (tertiary/aromatic N) is 1. The maximum Gasteiger partial charge on any atom is 0.314 e. The molecule has 0 heterocycles. The van der Waals surface area contributed by atoms with E-state index in [9.17, 15) is 14.7 Å². The van der Waals surface area contributed by atoms with Crippen LogP contribution in [0, 0.1) is 5.41 Å². The number of nitrogens with one attached hydrogen (secondary N) is 2. The van der Waals surface area contributed by atoms with Gasteiger partial charge in [-0.2, -0.15) is 0 Å². The third kappa shape index (κ3) is 5.53. The molecule has 3 N–H and O–H groups in total. The highest BCUT2D eigenvalue weighted by molar-refractivity contribution is 5.78. The summed E-state index contributed by atoms with van der Waals surface area (Å²) in [6, 6.07) is 0.158. The lowest BCUT2D eigenvalue weighted by Gasteiger charge is -2.33. The topological polar surface area (TPSA) is 81.7 Å². The van der Waals surface area contributed by atoms with Crippen molar-refractivity contribution in [3.05, 3.63) is 0 Å². The molecule has 21 heavy (non-hydrogen) atoms. The number of aliphatic carboxylic acids is 1. The zero-order valence-electron chi connectivity index (χ0n) is 13.4. The highest BCUT2D eigenvalue weighted by Gasteiger charge is 2.39. The first-order valence-electron chi connectivity index (χ1n) is 7.83. The minimum Gasteiger partial charge on any atom is -0.481 e. The highest BCUT2D eigenvalue weighted by Crippen LogP contribution is 2.35. The van der Waals surface area contributed by atoms with Gasteiger partial charge in [-0.3, -0.25) is 4.79 Å². The van der Waals surface area contributed by atoms with Gasteiger partial charge in [-0.25, -0.2) is 4.79 Å². The van der Waals surface area contributed by atoms with Gasteiger partial charge in [-0.15, -0.1) is 0 Å². The lowest BCUT2D eigenvalue weighted by atomic mass is 9.74. The minimum atomic E-state index is -0.790. The number of carbonyl (C=O) groups is 2. The van der Waals surface area contributed by atoms with Crippen molar-refractivity contribution in [2.75, 3.05) is 26.7 Å². The molecule has 0 spiro atoms. The first kappa shape index (κ1) is 17.8. The molecule has 1 aliphatic rings. The van der Waals surface area contributed by atoms with Gasteiger partial charge in [-0.1, -0.05) is 19.3 Å². The molecule has 0 atom stereocenters. The van der Waals surface area contributed by atoms with Gasteiger partial charge in [0.2, 0.25) is 0 Å². The third-order valence-electron chi connectivity index (χ3n) is 4.48. The van der Waals surface area contributed by atoms with Crippen LogP contribution in [-0.2, 0) is 4.79 Å². The van der Waals surface area contributed by atoms with Crippen molar-refractivity contribution < 1.29 is 14.7 Å². The average molecular weight is 299 g/mol. The van der Waals surface area contributed by atoms with E-state index >= 15 is 0 Å². The zero-order chi connectivity index (χ0) is 15.9. The van der Waals surface area contributed by atoms with Crippen LogP contribution in [0.4, 0.5) is 4.79 Å². The monoisotopic (exact) mass is 299 g/mol. The predicted molar refractivity (Wildman–Crippen MR) is 82.3 cm³/mol. The van der Waals surface area contributed by atoms with Crippen LogP contribution in [-0.4, -0.2) is 54.7 Å². The van der Waals surface area contributed by atoms with Crippen LogP contribution in [0.3, 0.4) is 0 Å². The summed E-state index contributed by atoms with van der Waals surface area (Å²) < 4.78 is 0. The van der Waals surface area contributed by atoms with Crippen molar-refractivity contribution in [1.82, 2.24) is 15.5 Å². The van der Waals surface area contributed by atoms with E-state index in [1.165, 1.54) is 0 Å². The molecule has 0 aromatic rings. The summed E-state index contributed by atoms with van der Waals surface area (Å²) in [5.41, 5.74) is -0.773. The molecule has 0 aromatic heterocycles. The van der Waals surface area contributed by atoms with E-state index in [4.69, 9.17) is 0 Å². The second-order valence-electron chi connectivity index (χ2n) is 6.33. The molecule has 1 fully saturated rings. The van der Waals surface area contributed by atoms with Crippen molar-refractivity contribution in [2.45, 2.75) is 52.0 Å². The van der Waals surface area contributed by atoms with Crippen LogP contribution in [0.5, 0.6) is 0 Å². The first-order valence-corrected chi connectivity index (χ1v) is 7.83. The van der Waals surface area contributed by atoms with Gasteiger partial charge in [0.05, 0.1) is 5.41 Å². The van der Waals surface area contributed by atoms with E-state index in [2.05, 4.69) is 29.4 Å². The van der Waals surface area contributed by atoms with Crippen LogP contribution in [0.1, 0.15) is 46.0 Å². The van der Waals surface area contributed by atoms with Gasteiger partial charge in [-0.05, 0) is 33.7 Å². The van der Waals surface area contributed by atoms with Crippen molar-refractivity contribution in [1.29, 1.82) is 0 Å². The maximum atomic E-state index is 11.8. The number of urea groups is 1. The number of amides is 2. The second-order valence-corrected chi connectivity index (χ2v) is 6.33. The number of hydrogen-bond acceptors (Lipinski definition) is 3. The van der Waals surface area contributed by atoms with E-state index < -0.39 is 11.4 Å². The third-order valence-corrected chi connectivity index (χ3v) is 4.48. The van der Waals surface area contributed by atoms with E-state index in [1.807, 2.05) is 7.05 Å². The summed E-state index contributed by atoms with van der Waals surface area (Å²) in [5, 5.41) is 14.9. The minimum absolute atomic E-state index is 0.216. The lowest BCUT2D eigenvalue weighted by Crippen LogP contribution is -2.48. The van der Waals surface area contributed by atoms with Crippen LogP contribution in [0.2, 0.25) is 0 Å². The van der Waals surface area contributed by atoms with E-state index in [-0.39, 0.29) is 12.6 Å². The SMILES string of the molecule is CC(C)N(C)CCNC(=O)NCC1(C(=O)O)CCCCC1. The van der Waals surface area contributed by atoms with Crippen LogP contribution in [0.15, 0.2) is 0 Å². The van der Waals surface area contributed by atoms with Gasteiger partial charge in [0.15, 0.2) is 0 Å². The number of hydrogen-bond donors (Lipinski definition) is 3. The molecule has 0 radical (unpaired) electrons. The molecule has 1 saturated carbocycles. The molecule has 0 bridgehead atoms. The fourth-order valence-corrected chi connectivity index (χ4v) is 2.61. The summed E-state index contributed by atoms with van der Waals surface area (Å²) in [4.78, 5) is 25.4. The molecular weight excluding hydrogens is 270 g/mol. The summed E-state index contributed by atoms with van der Waals surface area (Å²) >= 11 is 0. The molecule has 2 amide bonds. The first-order chi connectivity index (χ1) is 9.87. The van der Waals surface area contributed by atoms with Crippen LogP contribution >= 0.6 is 0 Å². The Morgan fingerprint density at radius 3 is 2.33 bits per heavy atom. The molecule has 0 aliphatic heterocycles. The van der Waals surface area contributed by atoms with Gasteiger partial charge < -0.3 is 20.6 Å². The molecule has 0 saturated heterocycles. The molecule has 6 heteroatoms. The van der Waals surface area contributed by atoms with Crippen LogP contribution in [0.25, 0.3) is 0 Å². The summed E-state index contributed by atoms with van der Waals surface area (Å²) in [6.07, 6.45) is 4.24. The van der Waals surface area contributed by atoms with Crippen LogP contribution < -0.4 is 10.6 Å². The van der Waals surface area contributed by atoms with Gasteiger partial charge >= 0.3 is 12.0 Å². The molecule has 122 valence electrons. The van der Waals surface area contributed by atoms with Gasteiger partial charge in [0, 0.05) is 25.7 Å². The molecule has 0 aromatic carbocycles. The Balaban J connectivity index is 2.32. The Labute approximate surface area is 127 Å². The Morgan fingerprint density at radius 2 is 1.81 bits per heavy atom. The smallest absolute Gasteiger partial charge is 0.314 e. The van der Waals surface area contributed by atoms with Crippen molar-refractivity contribution in [3.8, 4) is 0 Å². The Hall–Kier alpha value is -1.30. The lowest BCUT2D eigenvalue weighted by molar-refractivity contribution is -0.150. The van der Waals surface area contributed by atoms with Crippen molar-refractivity contribution in [2.24, 2.45) is 5.41 Å². The normalized spacial score (nSPS) is 17.8. The molecule has 0 unspecified atom stereocenters. The number of carboxylic acid groups (broad SMARTS) is 1. The zero-order valence-corrected chi connectivity index (χ0v) is 13.4. The highest BCUT2D eigenvalue weighted by atomic mass is 16.4. The average Bonchev–Trinajstić information content (AvgIpc) is 2.45. The Morgan fingerprint density at radius 1 is 1.19 bits per heavy atom. The van der Waals surface area contributed by atoms with Gasteiger partial charge in [0.25, 0.3) is 0 Å². The van der Waals surface area contributed by atoms with Gasteiger partial charge in [0.1, 0.15) is 0 Å². The summed E-state index contributed by atoms with van der Waals surface area (Å²) in [6.45, 7) is 5.74. The molecule has 1 aliphatic carbocycles. The predicted octanol–water partition coefficient (Wildman–Crippen LogP) is 1.66. The van der Waals surface area contributed by atoms with Crippen molar-refractivity contribution >= 4 is 12.0 Å². The number of carbonyl (C=O) groups excluding carboxylic acids is 1. The molecule has 1 rings (SSSR count). The van der Waals surface area contributed by atoms with E-state index in [1.54, 1.807) is 0 Å². The number of rotatable bonds is 7. The standard InChI is InChI=1S/C15H29N3O3/c1-12(2)18(3)10-9-16-14(21)17-11-15(13(19)20)7-5-4-6-8-15/h12H,4-11H2,1-3H3,(H,19,20)(H2,16,17,21). The van der Waals surface area contributed by atoms with E-state index in [0.717, 1.165) is 25.8 Å². The maximum absolute atomic E-state index is 11.8. The molecule has 6 nitrogen and oxygen atoms in total. The fraction of sp³-hybridized carbons (Fsp3) is 0.867. The quantitative estimate of drug-likeness (QED) is 0.668. The number of likely N-dealkylation sites (N-methyl/N-ethyl adjacent to an activating group) is 1. The number of carboxylic acids is 1. The second kappa shape index (κ2) is 8.22. The van der Waals surface area contributed by atoms with Crippen molar-refractivity contribution in [3.63, 3.8) is 0 Å². The summed E-state index contributed by atoms with van der Waals surface area (Å²) in [5.74, 6) is -0.790.